The molecule has 0 bridgehead atoms. The van der Waals surface area contributed by atoms with Crippen molar-refractivity contribution in [3.8, 4) is 5.75 Å². The highest BCUT2D eigenvalue weighted by molar-refractivity contribution is 5.77. The van der Waals surface area contributed by atoms with Crippen molar-refractivity contribution in [3.63, 3.8) is 0 Å². The van der Waals surface area contributed by atoms with Gasteiger partial charge in [-0.25, -0.2) is 9.97 Å². The maximum absolute atomic E-state index is 13.0. The SMILES string of the molecule is Cc1cnc2c(c1)nc(CCC(=O)N[C@@H](C)c1ccc(N3CCCNCC3)cc1)n2Cc1ccc(OC(F)(F)F)cc1. The van der Waals surface area contributed by atoms with E-state index in [2.05, 4.69) is 49.5 Å². The average molecular weight is 581 g/mol. The summed E-state index contributed by atoms with van der Waals surface area (Å²) in [4.78, 5) is 24.6. The Morgan fingerprint density at radius 2 is 1.86 bits per heavy atom. The van der Waals surface area contributed by atoms with Gasteiger partial charge in [0.15, 0.2) is 5.65 Å². The molecule has 0 radical (unpaired) electrons. The van der Waals surface area contributed by atoms with Crippen molar-refractivity contribution >= 4 is 22.8 Å². The number of carbonyl (C=O) groups excluding carboxylic acids is 1. The topological polar surface area (TPSA) is 84.3 Å². The Balaban J connectivity index is 1.24. The molecule has 8 nitrogen and oxygen atoms in total. The Hall–Kier alpha value is -4.12. The lowest BCUT2D eigenvalue weighted by Gasteiger charge is -2.23. The lowest BCUT2D eigenvalue weighted by atomic mass is 10.1. The first-order valence-corrected chi connectivity index (χ1v) is 14.2. The second-order valence-corrected chi connectivity index (χ2v) is 10.6. The molecular weight excluding hydrogens is 545 g/mol. The van der Waals surface area contributed by atoms with Gasteiger partial charge in [0.1, 0.15) is 17.1 Å². The molecule has 1 fully saturated rings. The van der Waals surface area contributed by atoms with E-state index in [1.807, 2.05) is 24.5 Å². The second-order valence-electron chi connectivity index (χ2n) is 10.6. The molecule has 0 saturated carbocycles. The molecule has 2 aromatic carbocycles. The van der Waals surface area contributed by atoms with Crippen molar-refractivity contribution < 1.29 is 22.7 Å². The summed E-state index contributed by atoms with van der Waals surface area (Å²) in [6.07, 6.45) is -1.28. The first-order valence-electron chi connectivity index (χ1n) is 14.2. The summed E-state index contributed by atoms with van der Waals surface area (Å²) in [6.45, 7) is 8.25. The molecule has 1 atom stereocenters. The molecule has 42 heavy (non-hydrogen) atoms. The second kappa shape index (κ2) is 12.8. The zero-order chi connectivity index (χ0) is 29.7. The molecule has 0 unspecified atom stereocenters. The summed E-state index contributed by atoms with van der Waals surface area (Å²) in [5.41, 5.74) is 5.29. The molecule has 1 saturated heterocycles. The summed E-state index contributed by atoms with van der Waals surface area (Å²) in [6, 6.07) is 15.9. The number of ether oxygens (including phenoxy) is 1. The van der Waals surface area contributed by atoms with Gasteiger partial charge >= 0.3 is 6.36 Å². The number of carbonyl (C=O) groups is 1. The van der Waals surface area contributed by atoms with Crippen LogP contribution in [0.4, 0.5) is 18.9 Å². The van der Waals surface area contributed by atoms with Gasteiger partial charge in [-0.15, -0.1) is 13.2 Å². The van der Waals surface area contributed by atoms with Crippen LogP contribution in [0.5, 0.6) is 5.75 Å². The highest BCUT2D eigenvalue weighted by Crippen LogP contribution is 2.25. The fourth-order valence-corrected chi connectivity index (χ4v) is 5.19. The number of rotatable bonds is 9. The quantitative estimate of drug-likeness (QED) is 0.280. The molecule has 1 aliphatic heterocycles. The van der Waals surface area contributed by atoms with Crippen LogP contribution in [-0.4, -0.2) is 53.0 Å². The number of aromatic nitrogens is 3. The Morgan fingerprint density at radius 1 is 1.10 bits per heavy atom. The number of alkyl halides is 3. The van der Waals surface area contributed by atoms with Gasteiger partial charge in [0.25, 0.3) is 0 Å². The van der Waals surface area contributed by atoms with Crippen LogP contribution in [0.3, 0.4) is 0 Å². The Labute approximate surface area is 242 Å². The van der Waals surface area contributed by atoms with Crippen LogP contribution < -0.4 is 20.3 Å². The van der Waals surface area contributed by atoms with Gasteiger partial charge < -0.3 is 24.8 Å². The number of amides is 1. The number of halogens is 3. The number of hydrogen-bond acceptors (Lipinski definition) is 6. The summed E-state index contributed by atoms with van der Waals surface area (Å²) >= 11 is 0. The van der Waals surface area contributed by atoms with E-state index >= 15 is 0 Å². The van der Waals surface area contributed by atoms with Gasteiger partial charge in [0, 0.05) is 44.4 Å². The third kappa shape index (κ3) is 7.58. The van der Waals surface area contributed by atoms with E-state index < -0.39 is 6.36 Å². The number of imidazole rings is 1. The fourth-order valence-electron chi connectivity index (χ4n) is 5.19. The number of hydrogen-bond donors (Lipinski definition) is 2. The minimum absolute atomic E-state index is 0.0958. The van der Waals surface area contributed by atoms with Crippen molar-refractivity contribution in [3.05, 3.63) is 83.3 Å². The number of nitrogens with one attached hydrogen (secondary N) is 2. The van der Waals surface area contributed by atoms with E-state index in [0.29, 0.717) is 30.0 Å². The van der Waals surface area contributed by atoms with E-state index in [9.17, 15) is 18.0 Å². The monoisotopic (exact) mass is 580 g/mol. The van der Waals surface area contributed by atoms with Crippen LogP contribution in [-0.2, 0) is 17.8 Å². The number of nitrogens with zero attached hydrogens (tertiary/aromatic N) is 4. The van der Waals surface area contributed by atoms with E-state index in [4.69, 9.17) is 4.98 Å². The zero-order valence-corrected chi connectivity index (χ0v) is 23.7. The number of anilines is 1. The molecule has 4 aromatic rings. The van der Waals surface area contributed by atoms with Crippen LogP contribution in [0.25, 0.3) is 11.2 Å². The molecule has 2 N–H and O–H groups in total. The zero-order valence-electron chi connectivity index (χ0n) is 23.7. The minimum atomic E-state index is -4.75. The maximum atomic E-state index is 13.0. The predicted molar refractivity (Wildman–Crippen MR) is 156 cm³/mol. The standard InChI is InChI=1S/C31H35F3N6O2/c1-21-18-27-30(36-19-21)40(20-23-4-10-26(11-5-23)42-31(32,33)34)28(38-27)12-13-29(41)37-22(2)24-6-8-25(9-7-24)39-16-3-14-35-15-17-39/h4-11,18-19,22,35H,3,12-17,20H2,1-2H3,(H,37,41)/t22-/m0/s1. The molecule has 222 valence electrons. The van der Waals surface area contributed by atoms with Gasteiger partial charge in [0.2, 0.25) is 5.91 Å². The summed E-state index contributed by atoms with van der Waals surface area (Å²) in [7, 11) is 0. The van der Waals surface area contributed by atoms with E-state index in [-0.39, 0.29) is 24.1 Å². The van der Waals surface area contributed by atoms with Crippen LogP contribution in [0, 0.1) is 6.92 Å². The Bertz CT molecular complexity index is 1490. The summed E-state index contributed by atoms with van der Waals surface area (Å²) in [5, 5.41) is 6.51. The number of pyridine rings is 1. The predicted octanol–water partition coefficient (Wildman–Crippen LogP) is 5.30. The fraction of sp³-hybridized carbons (Fsp3) is 0.387. The molecular formula is C31H35F3N6O2. The van der Waals surface area contributed by atoms with Gasteiger partial charge in [0.05, 0.1) is 12.6 Å². The van der Waals surface area contributed by atoms with Crippen LogP contribution in [0.1, 0.15) is 48.3 Å². The summed E-state index contributed by atoms with van der Waals surface area (Å²) in [5.74, 6) is 0.301. The molecule has 0 aliphatic carbocycles. The van der Waals surface area contributed by atoms with Gasteiger partial charge in [-0.05, 0) is 73.8 Å². The number of fused-ring (bicyclic) bond motifs is 1. The first kappa shape index (κ1) is 29.4. The van der Waals surface area contributed by atoms with Gasteiger partial charge in [-0.2, -0.15) is 0 Å². The van der Waals surface area contributed by atoms with Crippen LogP contribution in [0.2, 0.25) is 0 Å². The lowest BCUT2D eigenvalue weighted by molar-refractivity contribution is -0.274. The van der Waals surface area contributed by atoms with Gasteiger partial charge in [-0.1, -0.05) is 24.3 Å². The van der Waals surface area contributed by atoms with Gasteiger partial charge in [-0.3, -0.25) is 4.79 Å². The van der Waals surface area contributed by atoms with Crippen molar-refractivity contribution in [1.82, 2.24) is 25.2 Å². The third-order valence-corrected chi connectivity index (χ3v) is 7.35. The van der Waals surface area contributed by atoms with E-state index in [1.54, 1.807) is 18.3 Å². The smallest absolute Gasteiger partial charge is 0.406 e. The molecule has 3 heterocycles. The summed E-state index contributed by atoms with van der Waals surface area (Å²) < 4.78 is 43.5. The largest absolute Gasteiger partial charge is 0.573 e. The molecule has 0 spiro atoms. The van der Waals surface area contributed by atoms with Crippen LogP contribution >= 0.6 is 0 Å². The number of benzene rings is 2. The first-order chi connectivity index (χ1) is 20.1. The highest BCUT2D eigenvalue weighted by atomic mass is 19.4. The molecule has 1 amide bonds. The molecule has 2 aromatic heterocycles. The van der Waals surface area contributed by atoms with Crippen molar-refractivity contribution in [1.29, 1.82) is 0 Å². The Kier molecular flexibility index (Phi) is 8.96. The normalized spacial score (nSPS) is 14.9. The van der Waals surface area contributed by atoms with Crippen molar-refractivity contribution in [2.75, 3.05) is 31.1 Å². The van der Waals surface area contributed by atoms with E-state index in [0.717, 1.165) is 49.3 Å². The highest BCUT2D eigenvalue weighted by Gasteiger charge is 2.31. The minimum Gasteiger partial charge on any atom is -0.406 e. The number of aryl methyl sites for hydroxylation is 2. The molecule has 11 heteroatoms. The average Bonchev–Trinajstić information content (AvgIpc) is 3.10. The third-order valence-electron chi connectivity index (χ3n) is 7.35. The molecule has 5 rings (SSSR count). The molecule has 1 aliphatic rings. The Morgan fingerprint density at radius 3 is 2.60 bits per heavy atom. The van der Waals surface area contributed by atoms with Crippen LogP contribution in [0.15, 0.2) is 60.8 Å². The maximum Gasteiger partial charge on any atom is 0.573 e. The van der Waals surface area contributed by atoms with E-state index in [1.165, 1.54) is 17.8 Å². The lowest BCUT2D eigenvalue weighted by Crippen LogP contribution is -2.28. The van der Waals surface area contributed by atoms with Crippen molar-refractivity contribution in [2.45, 2.75) is 52.1 Å². The van der Waals surface area contributed by atoms with Crippen molar-refractivity contribution in [2.24, 2.45) is 0 Å².